The van der Waals surface area contributed by atoms with Gasteiger partial charge in [-0.2, -0.15) is 0 Å². The summed E-state index contributed by atoms with van der Waals surface area (Å²) in [6.45, 7) is 0. The summed E-state index contributed by atoms with van der Waals surface area (Å²) in [4.78, 5) is 12.2. The molecular formula is C15H21NO. The Morgan fingerprint density at radius 3 is 2.41 bits per heavy atom. The van der Waals surface area contributed by atoms with Crippen LogP contribution in [0, 0.1) is 0 Å². The first-order valence-corrected chi connectivity index (χ1v) is 6.57. The third-order valence-electron chi connectivity index (χ3n) is 3.78. The summed E-state index contributed by atoms with van der Waals surface area (Å²) in [5.41, 5.74) is 6.92. The molecule has 2 N–H and O–H groups in total. The number of hydrogen-bond acceptors (Lipinski definition) is 2. The van der Waals surface area contributed by atoms with Crippen LogP contribution in [0.3, 0.4) is 0 Å². The molecule has 0 saturated heterocycles. The van der Waals surface area contributed by atoms with Gasteiger partial charge in [-0.3, -0.25) is 4.79 Å². The van der Waals surface area contributed by atoms with Crippen LogP contribution in [0.5, 0.6) is 0 Å². The minimum absolute atomic E-state index is 0.251. The van der Waals surface area contributed by atoms with E-state index in [1.54, 1.807) is 0 Å². The molecule has 0 spiro atoms. The lowest BCUT2D eigenvalue weighted by Crippen LogP contribution is -2.49. The molecule has 0 aliphatic heterocycles. The fraction of sp³-hybridized carbons (Fsp3) is 0.533. The number of carbonyl (C=O) groups excluding carboxylic acids is 1. The molecule has 17 heavy (non-hydrogen) atoms. The van der Waals surface area contributed by atoms with Gasteiger partial charge < -0.3 is 5.73 Å². The van der Waals surface area contributed by atoms with Crippen molar-refractivity contribution in [2.24, 2.45) is 5.73 Å². The smallest absolute Gasteiger partial charge is 0.152 e. The molecule has 0 aromatic heterocycles. The largest absolute Gasteiger partial charge is 0.319 e. The normalized spacial score (nSPS) is 18.9. The molecule has 2 nitrogen and oxygen atoms in total. The Balaban J connectivity index is 1.88. The summed E-state index contributed by atoms with van der Waals surface area (Å²) in [6.07, 6.45) is 6.59. The predicted molar refractivity (Wildman–Crippen MR) is 69.8 cm³/mol. The zero-order valence-corrected chi connectivity index (χ0v) is 10.3. The van der Waals surface area contributed by atoms with Gasteiger partial charge in [0.05, 0.1) is 5.54 Å². The first-order valence-electron chi connectivity index (χ1n) is 6.57. The molecule has 1 saturated carbocycles. The zero-order valence-electron chi connectivity index (χ0n) is 10.3. The number of Topliss-reactive ketones (excluding diaryl/α,β-unsaturated/α-hetero) is 1. The van der Waals surface area contributed by atoms with Gasteiger partial charge in [0.25, 0.3) is 0 Å². The predicted octanol–water partition coefficient (Wildman–Crippen LogP) is 2.85. The molecule has 1 aliphatic rings. The number of nitrogens with two attached hydrogens (primary N) is 1. The maximum atomic E-state index is 12.2. The minimum atomic E-state index is -0.521. The second-order valence-corrected chi connectivity index (χ2v) is 5.13. The highest BCUT2D eigenvalue weighted by Crippen LogP contribution is 2.27. The SMILES string of the molecule is NC1(C(=O)CCc2ccccc2)CCCCC1. The number of benzene rings is 1. The van der Waals surface area contributed by atoms with E-state index in [0.29, 0.717) is 6.42 Å². The van der Waals surface area contributed by atoms with Crippen LogP contribution in [-0.2, 0) is 11.2 Å². The standard InChI is InChI=1S/C15H21NO/c16-15(11-5-2-6-12-15)14(17)10-9-13-7-3-1-4-8-13/h1,3-4,7-8H,2,5-6,9-12,16H2. The van der Waals surface area contributed by atoms with E-state index in [-0.39, 0.29) is 5.78 Å². The van der Waals surface area contributed by atoms with E-state index in [2.05, 4.69) is 12.1 Å². The van der Waals surface area contributed by atoms with Gasteiger partial charge in [-0.25, -0.2) is 0 Å². The van der Waals surface area contributed by atoms with Crippen LogP contribution in [0.1, 0.15) is 44.1 Å². The summed E-state index contributed by atoms with van der Waals surface area (Å²) in [5, 5.41) is 0. The highest BCUT2D eigenvalue weighted by molar-refractivity contribution is 5.88. The van der Waals surface area contributed by atoms with E-state index in [0.717, 1.165) is 32.1 Å². The summed E-state index contributed by atoms with van der Waals surface area (Å²) < 4.78 is 0. The summed E-state index contributed by atoms with van der Waals surface area (Å²) >= 11 is 0. The highest BCUT2D eigenvalue weighted by atomic mass is 16.1. The van der Waals surface area contributed by atoms with Crippen LogP contribution >= 0.6 is 0 Å². The van der Waals surface area contributed by atoms with Crippen molar-refractivity contribution in [2.45, 2.75) is 50.5 Å². The van der Waals surface area contributed by atoms with E-state index in [4.69, 9.17) is 5.73 Å². The van der Waals surface area contributed by atoms with Gasteiger partial charge in [-0.15, -0.1) is 0 Å². The highest BCUT2D eigenvalue weighted by Gasteiger charge is 2.34. The molecule has 0 unspecified atom stereocenters. The Hall–Kier alpha value is -1.15. The lowest BCUT2D eigenvalue weighted by atomic mass is 9.78. The van der Waals surface area contributed by atoms with Gasteiger partial charge in [0.1, 0.15) is 0 Å². The second kappa shape index (κ2) is 5.46. The van der Waals surface area contributed by atoms with Crippen molar-refractivity contribution in [3.63, 3.8) is 0 Å². The van der Waals surface area contributed by atoms with Crippen molar-refractivity contribution >= 4 is 5.78 Å². The van der Waals surface area contributed by atoms with E-state index < -0.39 is 5.54 Å². The average molecular weight is 231 g/mol. The molecule has 1 fully saturated rings. The van der Waals surface area contributed by atoms with Gasteiger partial charge in [-0.05, 0) is 24.8 Å². The third kappa shape index (κ3) is 3.16. The molecule has 92 valence electrons. The maximum absolute atomic E-state index is 12.2. The van der Waals surface area contributed by atoms with Crippen LogP contribution in [0.4, 0.5) is 0 Å². The molecular weight excluding hydrogens is 210 g/mol. The van der Waals surface area contributed by atoms with Gasteiger partial charge >= 0.3 is 0 Å². The maximum Gasteiger partial charge on any atom is 0.152 e. The van der Waals surface area contributed by atoms with Crippen molar-refractivity contribution in [3.05, 3.63) is 35.9 Å². The average Bonchev–Trinajstić information content (AvgIpc) is 2.38. The van der Waals surface area contributed by atoms with Crippen LogP contribution in [0.25, 0.3) is 0 Å². The molecule has 1 aliphatic carbocycles. The molecule has 0 atom stereocenters. The molecule has 0 radical (unpaired) electrons. The van der Waals surface area contributed by atoms with Crippen LogP contribution in [-0.4, -0.2) is 11.3 Å². The molecule has 1 aromatic carbocycles. The van der Waals surface area contributed by atoms with E-state index in [1.807, 2.05) is 18.2 Å². The molecule has 2 rings (SSSR count). The number of aryl methyl sites for hydroxylation is 1. The lowest BCUT2D eigenvalue weighted by Gasteiger charge is -2.31. The van der Waals surface area contributed by atoms with Gasteiger partial charge in [0, 0.05) is 6.42 Å². The van der Waals surface area contributed by atoms with Crippen molar-refractivity contribution in [1.82, 2.24) is 0 Å². The Morgan fingerprint density at radius 1 is 1.12 bits per heavy atom. The quantitative estimate of drug-likeness (QED) is 0.866. The monoisotopic (exact) mass is 231 g/mol. The first-order chi connectivity index (χ1) is 8.21. The zero-order chi connectivity index (χ0) is 12.1. The Kier molecular flexibility index (Phi) is 3.95. The Bertz CT molecular complexity index is 366. The van der Waals surface area contributed by atoms with Crippen molar-refractivity contribution in [3.8, 4) is 0 Å². The number of ketones is 1. The minimum Gasteiger partial charge on any atom is -0.319 e. The molecule has 2 heteroatoms. The summed E-state index contributed by atoms with van der Waals surface area (Å²) in [5.74, 6) is 0.251. The second-order valence-electron chi connectivity index (χ2n) is 5.13. The van der Waals surface area contributed by atoms with E-state index in [1.165, 1.54) is 12.0 Å². The van der Waals surface area contributed by atoms with Crippen LogP contribution < -0.4 is 5.73 Å². The fourth-order valence-electron chi connectivity index (χ4n) is 2.61. The van der Waals surface area contributed by atoms with Crippen molar-refractivity contribution < 1.29 is 4.79 Å². The van der Waals surface area contributed by atoms with Crippen molar-refractivity contribution in [2.75, 3.05) is 0 Å². The lowest BCUT2D eigenvalue weighted by molar-refractivity contribution is -0.125. The molecule has 0 bridgehead atoms. The van der Waals surface area contributed by atoms with Gasteiger partial charge in [0.2, 0.25) is 0 Å². The van der Waals surface area contributed by atoms with Crippen LogP contribution in [0.15, 0.2) is 30.3 Å². The molecule has 1 aromatic rings. The number of carbonyl (C=O) groups is 1. The summed E-state index contributed by atoms with van der Waals surface area (Å²) in [6, 6.07) is 10.2. The molecule has 0 heterocycles. The van der Waals surface area contributed by atoms with Crippen LogP contribution in [0.2, 0.25) is 0 Å². The summed E-state index contributed by atoms with van der Waals surface area (Å²) in [7, 11) is 0. The first kappa shape index (κ1) is 12.3. The number of hydrogen-bond donors (Lipinski definition) is 1. The molecule has 0 amide bonds. The Labute approximate surface area is 103 Å². The topological polar surface area (TPSA) is 43.1 Å². The third-order valence-corrected chi connectivity index (χ3v) is 3.78. The Morgan fingerprint density at radius 2 is 1.76 bits per heavy atom. The fourth-order valence-corrected chi connectivity index (χ4v) is 2.61. The van der Waals surface area contributed by atoms with Gasteiger partial charge in [-0.1, -0.05) is 49.6 Å². The van der Waals surface area contributed by atoms with Gasteiger partial charge in [0.15, 0.2) is 5.78 Å². The van der Waals surface area contributed by atoms with E-state index >= 15 is 0 Å². The number of rotatable bonds is 4. The van der Waals surface area contributed by atoms with Crippen molar-refractivity contribution in [1.29, 1.82) is 0 Å². The van der Waals surface area contributed by atoms with E-state index in [9.17, 15) is 4.79 Å².